The summed E-state index contributed by atoms with van der Waals surface area (Å²) in [6.07, 6.45) is 4.90. The summed E-state index contributed by atoms with van der Waals surface area (Å²) >= 11 is 0. The van der Waals surface area contributed by atoms with E-state index in [2.05, 4.69) is 4.90 Å². The van der Waals surface area contributed by atoms with Gasteiger partial charge in [0, 0.05) is 26.2 Å². The van der Waals surface area contributed by atoms with Crippen LogP contribution in [0.25, 0.3) is 6.08 Å². The number of rotatable bonds is 8. The first-order valence-corrected chi connectivity index (χ1v) is 10.6. The minimum absolute atomic E-state index is 0.0178. The van der Waals surface area contributed by atoms with Gasteiger partial charge in [-0.25, -0.2) is 4.39 Å². The number of aliphatic hydroxyl groups excluding tert-OH is 1. The van der Waals surface area contributed by atoms with Crippen molar-refractivity contribution in [2.75, 3.05) is 39.4 Å². The Morgan fingerprint density at radius 1 is 1.16 bits per heavy atom. The van der Waals surface area contributed by atoms with Crippen molar-refractivity contribution in [2.45, 2.75) is 12.5 Å². The number of carbonyl (C=O) groups excluding carboxylic acids is 2. The molecule has 0 saturated carbocycles. The number of carbonyl (C=O) groups is 2. The van der Waals surface area contributed by atoms with Crippen molar-refractivity contribution in [2.24, 2.45) is 0 Å². The Morgan fingerprint density at radius 2 is 1.91 bits per heavy atom. The third kappa shape index (κ3) is 4.81. The number of hydrogen-bond acceptors (Lipinski definition) is 6. The van der Waals surface area contributed by atoms with E-state index in [0.717, 1.165) is 19.6 Å². The lowest BCUT2D eigenvalue weighted by Gasteiger charge is -2.29. The second-order valence-electron chi connectivity index (χ2n) is 7.74. The van der Waals surface area contributed by atoms with Gasteiger partial charge in [0.2, 0.25) is 0 Å². The van der Waals surface area contributed by atoms with E-state index in [9.17, 15) is 19.1 Å². The van der Waals surface area contributed by atoms with Crippen molar-refractivity contribution in [3.63, 3.8) is 0 Å². The highest BCUT2D eigenvalue weighted by Gasteiger charge is 2.42. The molecule has 1 unspecified atom stereocenters. The molecule has 1 N–H and O–H groups in total. The first-order chi connectivity index (χ1) is 15.5. The van der Waals surface area contributed by atoms with Crippen LogP contribution < -0.4 is 0 Å². The second kappa shape index (κ2) is 9.93. The van der Waals surface area contributed by atoms with Crippen LogP contribution in [0.3, 0.4) is 0 Å². The van der Waals surface area contributed by atoms with Gasteiger partial charge in [-0.15, -0.1) is 0 Å². The van der Waals surface area contributed by atoms with E-state index in [-0.39, 0.29) is 5.57 Å². The molecule has 0 aliphatic carbocycles. The molecular formula is C24H25FN2O5. The summed E-state index contributed by atoms with van der Waals surface area (Å²) in [4.78, 5) is 29.6. The molecule has 32 heavy (non-hydrogen) atoms. The molecule has 0 radical (unpaired) electrons. The third-order valence-corrected chi connectivity index (χ3v) is 5.67. The predicted octanol–water partition coefficient (Wildman–Crippen LogP) is 3.12. The number of morpholine rings is 1. The topological polar surface area (TPSA) is 83.2 Å². The van der Waals surface area contributed by atoms with Gasteiger partial charge in [-0.05, 0) is 48.4 Å². The zero-order valence-corrected chi connectivity index (χ0v) is 17.6. The van der Waals surface area contributed by atoms with Gasteiger partial charge in [0.25, 0.3) is 5.91 Å². The maximum Gasteiger partial charge on any atom is 0.290 e. The van der Waals surface area contributed by atoms with E-state index in [1.165, 1.54) is 47.6 Å². The van der Waals surface area contributed by atoms with Crippen LogP contribution in [0.2, 0.25) is 0 Å². The maximum atomic E-state index is 13.5. The number of nitrogens with zero attached hydrogens (tertiary/aromatic N) is 2. The minimum Gasteiger partial charge on any atom is -0.503 e. The monoisotopic (exact) mass is 440 g/mol. The molecule has 2 aromatic rings. The van der Waals surface area contributed by atoms with E-state index in [0.29, 0.717) is 37.5 Å². The minimum atomic E-state index is -0.790. The summed E-state index contributed by atoms with van der Waals surface area (Å²) in [5.41, 5.74) is 0.542. The number of ketones is 1. The molecular weight excluding hydrogens is 415 g/mol. The first-order valence-electron chi connectivity index (χ1n) is 10.6. The number of aliphatic hydroxyl groups is 1. The van der Waals surface area contributed by atoms with Gasteiger partial charge < -0.3 is 19.2 Å². The fourth-order valence-corrected chi connectivity index (χ4v) is 4.05. The Hall–Kier alpha value is -3.23. The van der Waals surface area contributed by atoms with Gasteiger partial charge in [-0.3, -0.25) is 14.5 Å². The van der Waals surface area contributed by atoms with E-state index in [4.69, 9.17) is 9.15 Å². The number of furan rings is 1. The van der Waals surface area contributed by atoms with Gasteiger partial charge in [0.05, 0.1) is 31.1 Å². The molecule has 2 aliphatic heterocycles. The number of halogens is 1. The zero-order chi connectivity index (χ0) is 22.5. The van der Waals surface area contributed by atoms with Crippen molar-refractivity contribution in [3.8, 4) is 0 Å². The van der Waals surface area contributed by atoms with Crippen LogP contribution in [-0.2, 0) is 14.3 Å². The summed E-state index contributed by atoms with van der Waals surface area (Å²) in [7, 11) is 0. The highest BCUT2D eigenvalue weighted by atomic mass is 19.1. The van der Waals surface area contributed by atoms with E-state index >= 15 is 0 Å². The van der Waals surface area contributed by atoms with Crippen molar-refractivity contribution in [1.82, 2.24) is 9.80 Å². The molecule has 1 amide bonds. The average molecular weight is 440 g/mol. The smallest absolute Gasteiger partial charge is 0.290 e. The standard InChI is InChI=1S/C24H25FN2O5/c25-18-6-4-17(5-7-18)22-21(20(28)9-8-19-3-1-14-32-19)23(29)24(30)27(22)11-2-10-26-12-15-31-16-13-26/h1,3-9,14,22,29H,2,10-13,15-16H2. The first kappa shape index (κ1) is 22.0. The highest BCUT2D eigenvalue weighted by Crippen LogP contribution is 2.38. The molecule has 0 bridgehead atoms. The maximum absolute atomic E-state index is 13.5. The molecule has 1 atom stereocenters. The van der Waals surface area contributed by atoms with E-state index < -0.39 is 29.3 Å². The van der Waals surface area contributed by atoms with E-state index in [1.807, 2.05) is 0 Å². The van der Waals surface area contributed by atoms with Crippen molar-refractivity contribution >= 4 is 17.8 Å². The second-order valence-corrected chi connectivity index (χ2v) is 7.74. The summed E-state index contributed by atoms with van der Waals surface area (Å²) in [6.45, 7) is 4.15. The molecule has 1 fully saturated rings. The predicted molar refractivity (Wildman–Crippen MR) is 115 cm³/mol. The number of amides is 1. The van der Waals surface area contributed by atoms with Gasteiger partial charge in [0.15, 0.2) is 11.5 Å². The van der Waals surface area contributed by atoms with Crippen molar-refractivity contribution in [3.05, 3.63) is 77.2 Å². The third-order valence-electron chi connectivity index (χ3n) is 5.67. The molecule has 7 nitrogen and oxygen atoms in total. The summed E-state index contributed by atoms with van der Waals surface area (Å²) in [5.74, 6) is -1.62. The van der Waals surface area contributed by atoms with Crippen LogP contribution >= 0.6 is 0 Å². The highest BCUT2D eigenvalue weighted by molar-refractivity contribution is 6.14. The van der Waals surface area contributed by atoms with Crippen LogP contribution in [0.4, 0.5) is 4.39 Å². The Kier molecular flexibility index (Phi) is 6.82. The normalized spacial score (nSPS) is 20.0. The molecule has 2 aliphatic rings. The van der Waals surface area contributed by atoms with Gasteiger partial charge >= 0.3 is 0 Å². The molecule has 8 heteroatoms. The molecule has 168 valence electrons. The Labute approximate surface area is 185 Å². The molecule has 1 aromatic heterocycles. The fraction of sp³-hybridized carbons (Fsp3) is 0.333. The number of hydrogen-bond donors (Lipinski definition) is 1. The number of benzene rings is 1. The zero-order valence-electron chi connectivity index (χ0n) is 17.6. The molecule has 3 heterocycles. The van der Waals surface area contributed by atoms with Crippen LogP contribution in [0.1, 0.15) is 23.8 Å². The van der Waals surface area contributed by atoms with Gasteiger partial charge in [-0.1, -0.05) is 12.1 Å². The van der Waals surface area contributed by atoms with Crippen LogP contribution in [0, 0.1) is 5.82 Å². The lowest BCUT2D eigenvalue weighted by Crippen LogP contribution is -2.39. The summed E-state index contributed by atoms with van der Waals surface area (Å²) < 4.78 is 24.1. The molecule has 4 rings (SSSR count). The summed E-state index contributed by atoms with van der Waals surface area (Å²) in [6, 6.07) is 8.21. The SMILES string of the molecule is O=C(C=Cc1ccco1)C1=C(O)C(=O)N(CCCN2CCOCC2)C1c1ccc(F)cc1. The molecule has 1 aromatic carbocycles. The summed E-state index contributed by atoms with van der Waals surface area (Å²) in [5, 5.41) is 10.6. The number of allylic oxidation sites excluding steroid dienone is 1. The fourth-order valence-electron chi connectivity index (χ4n) is 4.05. The molecule has 1 saturated heterocycles. The van der Waals surface area contributed by atoms with E-state index in [1.54, 1.807) is 12.1 Å². The lowest BCUT2D eigenvalue weighted by atomic mass is 9.95. The Morgan fingerprint density at radius 3 is 2.59 bits per heavy atom. The van der Waals surface area contributed by atoms with Crippen LogP contribution in [-0.4, -0.2) is 66.0 Å². The van der Waals surface area contributed by atoms with Crippen LogP contribution in [0.15, 0.2) is 64.5 Å². The Bertz CT molecular complexity index is 1010. The Balaban J connectivity index is 1.56. The van der Waals surface area contributed by atoms with Crippen molar-refractivity contribution < 1.29 is 28.2 Å². The van der Waals surface area contributed by atoms with Gasteiger partial charge in [0.1, 0.15) is 11.6 Å². The quantitative estimate of drug-likeness (QED) is 0.635. The number of ether oxygens (including phenoxy) is 1. The molecule has 0 spiro atoms. The lowest BCUT2D eigenvalue weighted by molar-refractivity contribution is -0.129. The average Bonchev–Trinajstić information content (AvgIpc) is 3.41. The van der Waals surface area contributed by atoms with Crippen LogP contribution in [0.5, 0.6) is 0 Å². The van der Waals surface area contributed by atoms with Gasteiger partial charge in [-0.2, -0.15) is 0 Å². The van der Waals surface area contributed by atoms with Crippen molar-refractivity contribution in [1.29, 1.82) is 0 Å². The largest absolute Gasteiger partial charge is 0.503 e.